The number of nitrogens with two attached hydrogens (primary N) is 1. The Labute approximate surface area is 206 Å². The van der Waals surface area contributed by atoms with E-state index in [4.69, 9.17) is 31.7 Å². The van der Waals surface area contributed by atoms with E-state index in [1.54, 1.807) is 12.1 Å². The van der Waals surface area contributed by atoms with E-state index >= 15 is 0 Å². The van der Waals surface area contributed by atoms with Crippen molar-refractivity contribution in [2.24, 2.45) is 5.73 Å². The number of nitriles is 1. The molecule has 1 aliphatic carbocycles. The van der Waals surface area contributed by atoms with E-state index in [1.807, 2.05) is 45.9 Å². The Bertz CT molecular complexity index is 1090. The summed E-state index contributed by atoms with van der Waals surface area (Å²) in [5, 5.41) is 22.0. The summed E-state index contributed by atoms with van der Waals surface area (Å²) in [5.74, 6) is 1.80. The van der Waals surface area contributed by atoms with Gasteiger partial charge in [0.2, 0.25) is 5.82 Å². The molecule has 7 nitrogen and oxygen atoms in total. The van der Waals surface area contributed by atoms with E-state index in [-0.39, 0.29) is 18.5 Å². The van der Waals surface area contributed by atoms with Gasteiger partial charge in [-0.25, -0.2) is 0 Å². The van der Waals surface area contributed by atoms with Crippen molar-refractivity contribution in [3.8, 4) is 34.7 Å². The molecule has 1 heterocycles. The third-order valence-corrected chi connectivity index (χ3v) is 5.33. The van der Waals surface area contributed by atoms with Gasteiger partial charge in [-0.2, -0.15) is 10.2 Å². The predicted molar refractivity (Wildman–Crippen MR) is 135 cm³/mol. The molecular weight excluding hydrogens is 452 g/mol. The molecule has 1 aromatic heterocycles. The van der Waals surface area contributed by atoms with E-state index in [0.29, 0.717) is 28.6 Å². The van der Waals surface area contributed by atoms with Crippen LogP contribution in [0, 0.1) is 11.3 Å². The molecule has 1 unspecified atom stereocenters. The fourth-order valence-corrected chi connectivity index (χ4v) is 3.58. The van der Waals surface area contributed by atoms with Gasteiger partial charge in [0.15, 0.2) is 0 Å². The number of rotatable bonds is 6. The van der Waals surface area contributed by atoms with Gasteiger partial charge in [0, 0.05) is 23.6 Å². The lowest BCUT2D eigenvalue weighted by atomic mass is 10.0. The molecule has 1 aliphatic rings. The van der Waals surface area contributed by atoms with Crippen molar-refractivity contribution in [1.29, 1.82) is 5.26 Å². The van der Waals surface area contributed by atoms with Gasteiger partial charge < -0.3 is 20.1 Å². The Morgan fingerprint density at radius 1 is 1.24 bits per heavy atom. The normalized spacial score (nSPS) is 12.6. The maximum atomic E-state index is 9.40. The summed E-state index contributed by atoms with van der Waals surface area (Å²) in [7, 11) is 0. The Kier molecular flexibility index (Phi) is 11.0. The van der Waals surface area contributed by atoms with Crippen molar-refractivity contribution < 1.29 is 14.4 Å². The predicted octanol–water partition coefficient (Wildman–Crippen LogP) is 5.12. The molecule has 4 rings (SSSR count). The molecule has 1 atom stereocenters. The van der Waals surface area contributed by atoms with Crippen LogP contribution in [0.2, 0.25) is 0 Å². The van der Waals surface area contributed by atoms with Crippen molar-refractivity contribution in [3.63, 3.8) is 0 Å². The first-order chi connectivity index (χ1) is 16.5. The molecule has 182 valence electrons. The second-order valence-electron chi connectivity index (χ2n) is 7.75. The molecular formula is C26H33ClN4O3. The average molecular weight is 485 g/mol. The van der Waals surface area contributed by atoms with Crippen LogP contribution in [0.4, 0.5) is 0 Å². The van der Waals surface area contributed by atoms with E-state index in [1.165, 1.54) is 17.5 Å². The summed E-state index contributed by atoms with van der Waals surface area (Å²) < 4.78 is 11.1. The quantitative estimate of drug-likeness (QED) is 0.466. The fraction of sp³-hybridized carbons (Fsp3) is 0.423. The molecule has 34 heavy (non-hydrogen) atoms. The van der Waals surface area contributed by atoms with Crippen molar-refractivity contribution in [1.82, 2.24) is 10.1 Å². The topological polar surface area (TPSA) is 118 Å². The first-order valence-corrected chi connectivity index (χ1v) is 12.1. The molecule has 0 saturated heterocycles. The summed E-state index contributed by atoms with van der Waals surface area (Å²) in [4.78, 5) is 4.57. The first-order valence-electron chi connectivity index (χ1n) is 11.6. The van der Waals surface area contributed by atoms with Crippen molar-refractivity contribution >= 4 is 11.6 Å². The molecule has 0 radical (unpaired) electrons. The summed E-state index contributed by atoms with van der Waals surface area (Å²) >= 11 is 5.12. The van der Waals surface area contributed by atoms with Crippen LogP contribution < -0.4 is 10.5 Å². The fourth-order valence-electron chi connectivity index (χ4n) is 3.45. The van der Waals surface area contributed by atoms with Gasteiger partial charge in [-0.3, -0.25) is 0 Å². The number of hydrogen-bond acceptors (Lipinski definition) is 7. The minimum absolute atomic E-state index is 0.00290. The molecule has 0 amide bonds. The second kappa shape index (κ2) is 13.7. The van der Waals surface area contributed by atoms with Crippen LogP contribution in [0.25, 0.3) is 22.8 Å². The minimum Gasteiger partial charge on any atom is -0.490 e. The van der Waals surface area contributed by atoms with Gasteiger partial charge in [0.25, 0.3) is 5.89 Å². The maximum absolute atomic E-state index is 9.40. The number of alkyl halides is 1. The van der Waals surface area contributed by atoms with E-state index in [0.717, 1.165) is 18.4 Å². The van der Waals surface area contributed by atoms with Gasteiger partial charge in [-0.05, 0) is 62.4 Å². The first kappa shape index (κ1) is 27.3. The third kappa shape index (κ3) is 7.04. The van der Waals surface area contributed by atoms with Crippen molar-refractivity contribution in [2.75, 3.05) is 12.4 Å². The van der Waals surface area contributed by atoms with Gasteiger partial charge in [-0.1, -0.05) is 37.2 Å². The number of aliphatic hydroxyl groups is 1. The highest BCUT2D eigenvalue weighted by Gasteiger charge is 2.20. The molecule has 8 heteroatoms. The molecule has 3 N–H and O–H groups in total. The van der Waals surface area contributed by atoms with Gasteiger partial charge in [0.05, 0.1) is 17.8 Å². The van der Waals surface area contributed by atoms with E-state index in [2.05, 4.69) is 22.3 Å². The van der Waals surface area contributed by atoms with Crippen LogP contribution >= 0.6 is 11.6 Å². The minimum atomic E-state index is -0.522. The van der Waals surface area contributed by atoms with Crippen LogP contribution in [-0.4, -0.2) is 39.9 Å². The van der Waals surface area contributed by atoms with Crippen LogP contribution in [0.15, 0.2) is 40.9 Å². The summed E-state index contributed by atoms with van der Waals surface area (Å²) in [6.07, 6.45) is 2.81. The monoisotopic (exact) mass is 484 g/mol. The number of ether oxygens (including phenoxy) is 1. The Balaban J connectivity index is 0.000000447. The molecule has 0 saturated carbocycles. The number of hydrogen-bond donors (Lipinski definition) is 2. The van der Waals surface area contributed by atoms with Gasteiger partial charge in [0.1, 0.15) is 11.8 Å². The lowest BCUT2D eigenvalue weighted by Gasteiger charge is -2.11. The summed E-state index contributed by atoms with van der Waals surface area (Å²) in [6.45, 7) is 8.11. The van der Waals surface area contributed by atoms with Crippen LogP contribution in [0.5, 0.6) is 5.75 Å². The number of aromatic nitrogens is 2. The van der Waals surface area contributed by atoms with Crippen molar-refractivity contribution in [2.45, 2.75) is 59.2 Å². The second-order valence-corrected chi connectivity index (χ2v) is 8.06. The average Bonchev–Trinajstić information content (AvgIpc) is 3.55. The highest BCUT2D eigenvalue weighted by atomic mass is 35.5. The van der Waals surface area contributed by atoms with Gasteiger partial charge >= 0.3 is 0 Å². The third-order valence-electron chi connectivity index (χ3n) is 4.97. The number of fused-ring (bicyclic) bond motifs is 1. The Morgan fingerprint density at radius 2 is 2.00 bits per heavy atom. The van der Waals surface area contributed by atoms with Crippen molar-refractivity contribution in [3.05, 3.63) is 53.1 Å². The highest BCUT2D eigenvalue weighted by molar-refractivity contribution is 6.18. The Hall–Kier alpha value is -2.92. The van der Waals surface area contributed by atoms with Crippen LogP contribution in [0.1, 0.15) is 50.8 Å². The van der Waals surface area contributed by atoms with Crippen LogP contribution in [0.3, 0.4) is 0 Å². The lowest BCUT2D eigenvalue weighted by molar-refractivity contribution is 0.206. The zero-order chi connectivity index (χ0) is 25.1. The molecule has 0 aliphatic heterocycles. The van der Waals surface area contributed by atoms with E-state index < -0.39 is 6.10 Å². The largest absolute Gasteiger partial charge is 0.490 e. The Morgan fingerprint density at radius 3 is 2.62 bits per heavy atom. The standard InChI is InChI=1S/C21H19N3O2.C3H8ClNO.C2H6/c1-13(2)25-19-10-9-15(11-16(19)12-22)21-23-20(24-26-21)18-8-4-6-14-5-3-7-17(14)18;4-1-3(6)2-5;1-2/h4,6,8-11,13H,3,5,7H2,1-2H3;3,6H,1-2,5H2;1-2H3. The maximum Gasteiger partial charge on any atom is 0.258 e. The summed E-state index contributed by atoms with van der Waals surface area (Å²) in [6, 6.07) is 13.8. The van der Waals surface area contributed by atoms with Crippen LogP contribution in [-0.2, 0) is 12.8 Å². The van der Waals surface area contributed by atoms with Gasteiger partial charge in [-0.15, -0.1) is 11.6 Å². The smallest absolute Gasteiger partial charge is 0.258 e. The number of halogens is 1. The zero-order valence-corrected chi connectivity index (χ0v) is 21.0. The molecule has 0 bridgehead atoms. The number of nitrogens with zero attached hydrogens (tertiary/aromatic N) is 3. The molecule has 3 aromatic rings. The number of benzene rings is 2. The number of aryl methyl sites for hydroxylation is 1. The van der Waals surface area contributed by atoms with E-state index in [9.17, 15) is 5.26 Å². The molecule has 0 fully saturated rings. The lowest BCUT2D eigenvalue weighted by Crippen LogP contribution is -2.20. The highest BCUT2D eigenvalue weighted by Crippen LogP contribution is 2.32. The molecule has 2 aromatic carbocycles. The SMILES string of the molecule is CC.CC(C)Oc1ccc(-c2nc(-c3cccc4c3CCC4)no2)cc1C#N.NCC(O)CCl. The number of aliphatic hydroxyl groups excluding tert-OH is 1. The zero-order valence-electron chi connectivity index (χ0n) is 20.2. The molecule has 0 spiro atoms. The summed E-state index contributed by atoms with van der Waals surface area (Å²) in [5.41, 5.74) is 9.84.